The molecule has 1 saturated carbocycles. The maximum absolute atomic E-state index is 12.5. The molecule has 0 saturated heterocycles. The molecule has 4 heteroatoms. The first-order valence-corrected chi connectivity index (χ1v) is 13.2. The van der Waals surface area contributed by atoms with Gasteiger partial charge in [-0.2, -0.15) is 0 Å². The minimum absolute atomic E-state index is 0.0533. The first-order chi connectivity index (χ1) is 16.5. The average molecular weight is 469 g/mol. The molecule has 0 amide bonds. The van der Waals surface area contributed by atoms with Gasteiger partial charge in [0.15, 0.2) is 5.78 Å². The highest BCUT2D eigenvalue weighted by Crippen LogP contribution is 2.38. The van der Waals surface area contributed by atoms with E-state index in [0.29, 0.717) is 24.4 Å². The molecule has 2 aliphatic carbocycles. The van der Waals surface area contributed by atoms with Crippen molar-refractivity contribution in [2.75, 3.05) is 13.7 Å². The van der Waals surface area contributed by atoms with Crippen LogP contribution in [0.15, 0.2) is 48.3 Å². The van der Waals surface area contributed by atoms with Gasteiger partial charge < -0.3 is 14.2 Å². The molecule has 4 nitrogen and oxygen atoms in total. The van der Waals surface area contributed by atoms with Gasteiger partial charge in [-0.05, 0) is 74.0 Å². The van der Waals surface area contributed by atoms with Crippen LogP contribution in [0.5, 0.6) is 5.75 Å². The van der Waals surface area contributed by atoms with Crippen molar-refractivity contribution in [3.05, 3.63) is 53.8 Å². The quantitative estimate of drug-likeness (QED) is 0.225. The molecule has 3 rings (SSSR count). The van der Waals surface area contributed by atoms with Gasteiger partial charge in [-0.3, -0.25) is 4.79 Å². The van der Waals surface area contributed by atoms with Gasteiger partial charge in [0.05, 0.1) is 13.7 Å². The molecule has 0 aromatic heterocycles. The van der Waals surface area contributed by atoms with E-state index in [9.17, 15) is 4.79 Å². The van der Waals surface area contributed by atoms with E-state index in [-0.39, 0.29) is 17.8 Å². The zero-order valence-electron chi connectivity index (χ0n) is 21.6. The normalized spacial score (nSPS) is 25.2. The van der Waals surface area contributed by atoms with Crippen LogP contribution in [0.3, 0.4) is 0 Å². The Morgan fingerprint density at radius 3 is 2.62 bits per heavy atom. The van der Waals surface area contributed by atoms with Gasteiger partial charge >= 0.3 is 0 Å². The fourth-order valence-corrected chi connectivity index (χ4v) is 5.16. The van der Waals surface area contributed by atoms with Gasteiger partial charge in [-0.15, -0.1) is 0 Å². The standard InChI is InChI=1S/C30H44O4/c1-22(2)28-16-11-23(3)18-30(28)34-27-19-25(29(31)20-27)10-8-6-5-7-9-17-33-21-24-12-14-26(32-4)15-13-24/h6,8,12-15,20,22-23,25,28,30H,5,7,9-11,16-19,21H2,1-4H3/b8-6-/t23-,25?,28+,30-/m1/s1. The van der Waals surface area contributed by atoms with Gasteiger partial charge in [0.25, 0.3) is 0 Å². The van der Waals surface area contributed by atoms with Gasteiger partial charge in [-0.25, -0.2) is 0 Å². The molecule has 0 aliphatic heterocycles. The molecule has 1 aromatic rings. The number of carbonyl (C=O) groups excluding carboxylic acids is 1. The number of ketones is 1. The number of carbonyl (C=O) groups is 1. The lowest BCUT2D eigenvalue weighted by atomic mass is 9.75. The molecule has 188 valence electrons. The first kappa shape index (κ1) is 26.5. The number of rotatable bonds is 13. The van der Waals surface area contributed by atoms with Crippen molar-refractivity contribution in [2.45, 2.75) is 84.8 Å². The lowest BCUT2D eigenvalue weighted by Crippen LogP contribution is -2.34. The molecule has 0 heterocycles. The third-order valence-corrected chi connectivity index (χ3v) is 7.34. The van der Waals surface area contributed by atoms with Crippen LogP contribution in [0.1, 0.15) is 77.7 Å². The summed E-state index contributed by atoms with van der Waals surface area (Å²) in [6.07, 6.45) is 14.8. The molecule has 1 unspecified atom stereocenters. The van der Waals surface area contributed by atoms with Crippen LogP contribution in [-0.2, 0) is 20.9 Å². The summed E-state index contributed by atoms with van der Waals surface area (Å²) in [6.45, 7) is 8.32. The van der Waals surface area contributed by atoms with Crippen molar-refractivity contribution >= 4 is 5.78 Å². The van der Waals surface area contributed by atoms with E-state index in [1.807, 2.05) is 24.3 Å². The van der Waals surface area contributed by atoms with Crippen LogP contribution in [0.4, 0.5) is 0 Å². The fraction of sp³-hybridized carbons (Fsp3) is 0.633. The maximum Gasteiger partial charge on any atom is 0.162 e. The van der Waals surface area contributed by atoms with Crippen molar-refractivity contribution in [1.82, 2.24) is 0 Å². The van der Waals surface area contributed by atoms with Gasteiger partial charge in [0.1, 0.15) is 17.6 Å². The second-order valence-electron chi connectivity index (χ2n) is 10.5. The highest BCUT2D eigenvalue weighted by atomic mass is 16.5. The molecule has 0 bridgehead atoms. The lowest BCUT2D eigenvalue weighted by molar-refractivity contribution is -0.117. The topological polar surface area (TPSA) is 44.8 Å². The van der Waals surface area contributed by atoms with Crippen LogP contribution in [0.2, 0.25) is 0 Å². The number of methoxy groups -OCH3 is 1. The van der Waals surface area contributed by atoms with E-state index in [1.165, 1.54) is 12.8 Å². The Labute approximate surface area is 206 Å². The van der Waals surface area contributed by atoms with E-state index < -0.39 is 0 Å². The Morgan fingerprint density at radius 2 is 1.88 bits per heavy atom. The summed E-state index contributed by atoms with van der Waals surface area (Å²) >= 11 is 0. The van der Waals surface area contributed by atoms with Crippen LogP contribution in [0, 0.1) is 23.7 Å². The first-order valence-electron chi connectivity index (χ1n) is 13.2. The van der Waals surface area contributed by atoms with Crippen LogP contribution < -0.4 is 4.74 Å². The molecule has 0 N–H and O–H groups in total. The van der Waals surface area contributed by atoms with Crippen LogP contribution in [-0.4, -0.2) is 25.6 Å². The molecule has 0 radical (unpaired) electrons. The second kappa shape index (κ2) is 13.7. The number of unbranched alkanes of at least 4 members (excludes halogenated alkanes) is 2. The highest BCUT2D eigenvalue weighted by molar-refractivity contribution is 5.94. The van der Waals surface area contributed by atoms with Gasteiger partial charge in [0.2, 0.25) is 0 Å². The Bertz CT molecular complexity index is 808. The van der Waals surface area contributed by atoms with Crippen molar-refractivity contribution < 1.29 is 19.0 Å². The fourth-order valence-electron chi connectivity index (χ4n) is 5.16. The van der Waals surface area contributed by atoms with Crippen LogP contribution in [0.25, 0.3) is 0 Å². The van der Waals surface area contributed by atoms with E-state index in [1.54, 1.807) is 13.2 Å². The predicted molar refractivity (Wildman–Crippen MR) is 138 cm³/mol. The number of allylic oxidation sites excluding steroid dienone is 4. The molecule has 4 atom stereocenters. The zero-order valence-corrected chi connectivity index (χ0v) is 21.6. The third-order valence-electron chi connectivity index (χ3n) is 7.34. The average Bonchev–Trinajstić information content (AvgIpc) is 3.16. The molecular weight excluding hydrogens is 424 g/mol. The van der Waals surface area contributed by atoms with Gasteiger partial charge in [-0.1, -0.05) is 51.5 Å². The second-order valence-corrected chi connectivity index (χ2v) is 10.5. The van der Waals surface area contributed by atoms with Crippen molar-refractivity contribution in [2.24, 2.45) is 23.7 Å². The Kier molecular flexibility index (Phi) is 10.7. The summed E-state index contributed by atoms with van der Waals surface area (Å²) in [6, 6.07) is 8.00. The molecule has 34 heavy (non-hydrogen) atoms. The number of ether oxygens (including phenoxy) is 3. The Balaban J connectivity index is 1.28. The summed E-state index contributed by atoms with van der Waals surface area (Å²) in [5.74, 6) is 4.02. The monoisotopic (exact) mass is 468 g/mol. The van der Waals surface area contributed by atoms with Gasteiger partial charge in [0, 0.05) is 25.0 Å². The summed E-state index contributed by atoms with van der Waals surface area (Å²) < 4.78 is 17.4. The summed E-state index contributed by atoms with van der Waals surface area (Å²) in [5, 5.41) is 0. The number of hydrogen-bond donors (Lipinski definition) is 0. The zero-order chi connectivity index (χ0) is 24.3. The third kappa shape index (κ3) is 8.30. The Hall–Kier alpha value is -2.07. The van der Waals surface area contributed by atoms with E-state index in [2.05, 4.69) is 32.9 Å². The summed E-state index contributed by atoms with van der Waals surface area (Å²) in [4.78, 5) is 12.5. The minimum atomic E-state index is 0.0533. The Morgan fingerprint density at radius 1 is 1.09 bits per heavy atom. The largest absolute Gasteiger partial charge is 0.497 e. The number of benzene rings is 1. The predicted octanol–water partition coefficient (Wildman–Crippen LogP) is 7.28. The summed E-state index contributed by atoms with van der Waals surface area (Å²) in [7, 11) is 1.68. The highest BCUT2D eigenvalue weighted by Gasteiger charge is 2.34. The van der Waals surface area contributed by atoms with Crippen molar-refractivity contribution in [3.8, 4) is 5.75 Å². The smallest absolute Gasteiger partial charge is 0.162 e. The SMILES string of the molecule is COc1ccc(COCCCC/C=C\CC2CC(O[C@@H]3C[C@H](C)CC[C@H]3C(C)C)=CC2=O)cc1. The maximum atomic E-state index is 12.5. The molecular formula is C30H44O4. The molecule has 1 aromatic carbocycles. The van der Waals surface area contributed by atoms with Crippen LogP contribution >= 0.6 is 0 Å². The molecule has 1 fully saturated rings. The molecule has 0 spiro atoms. The minimum Gasteiger partial charge on any atom is -0.497 e. The lowest BCUT2D eigenvalue weighted by Gasteiger charge is -2.37. The van der Waals surface area contributed by atoms with Crippen molar-refractivity contribution in [1.29, 1.82) is 0 Å². The van der Waals surface area contributed by atoms with E-state index in [0.717, 1.165) is 62.2 Å². The summed E-state index contributed by atoms with van der Waals surface area (Å²) in [5.41, 5.74) is 1.16. The van der Waals surface area contributed by atoms with E-state index in [4.69, 9.17) is 14.2 Å². The van der Waals surface area contributed by atoms with Crippen molar-refractivity contribution in [3.63, 3.8) is 0 Å². The number of hydrogen-bond acceptors (Lipinski definition) is 4. The molecule has 2 aliphatic rings. The van der Waals surface area contributed by atoms with E-state index >= 15 is 0 Å².